The van der Waals surface area contributed by atoms with Crippen molar-refractivity contribution in [2.75, 3.05) is 5.75 Å². The van der Waals surface area contributed by atoms with Gasteiger partial charge in [0.05, 0.1) is 11.1 Å². The van der Waals surface area contributed by atoms with Crippen LogP contribution in [-0.2, 0) is 12.8 Å². The van der Waals surface area contributed by atoms with Gasteiger partial charge in [0, 0.05) is 10.6 Å². The maximum atomic E-state index is 13.4. The molecule has 130 valence electrons. The highest BCUT2D eigenvalue weighted by molar-refractivity contribution is 7.99. The maximum Gasteiger partial charge on any atom is 0.267 e. The minimum Gasteiger partial charge on any atom is -0.268 e. The predicted octanol–water partition coefficient (Wildman–Crippen LogP) is 5.14. The molecule has 0 aliphatic heterocycles. The first-order valence-corrected chi connectivity index (χ1v) is 10.8. The molecule has 5 heteroatoms. The average Bonchev–Trinajstić information content (AvgIpc) is 2.99. The molecule has 25 heavy (non-hydrogen) atoms. The summed E-state index contributed by atoms with van der Waals surface area (Å²) in [4.78, 5) is 20.7. The number of thiophene rings is 1. The van der Waals surface area contributed by atoms with Gasteiger partial charge in [-0.1, -0.05) is 36.4 Å². The largest absolute Gasteiger partial charge is 0.268 e. The van der Waals surface area contributed by atoms with E-state index in [2.05, 4.69) is 26.0 Å². The summed E-state index contributed by atoms with van der Waals surface area (Å²) in [6, 6.07) is 8.17. The lowest BCUT2D eigenvalue weighted by atomic mass is 9.97. The third-order valence-corrected chi connectivity index (χ3v) is 7.02. The lowest BCUT2D eigenvalue weighted by Crippen LogP contribution is -2.22. The highest BCUT2D eigenvalue weighted by Crippen LogP contribution is 2.35. The van der Waals surface area contributed by atoms with Gasteiger partial charge in [0.25, 0.3) is 5.56 Å². The molecule has 4 rings (SSSR count). The molecule has 0 fully saturated rings. The fourth-order valence-electron chi connectivity index (χ4n) is 3.40. The number of aryl methyl sites for hydroxylation is 3. The zero-order valence-electron chi connectivity index (χ0n) is 14.7. The standard InChI is InChI=1S/C20H22N2OS2/c1-3-12-24-20-21-18-17(15-6-4-5-7-16(15)25-18)19(23)22(20)14-10-8-13(2)9-11-14/h8-11H,3-7,12H2,1-2H3. The Morgan fingerprint density at radius 1 is 1.20 bits per heavy atom. The van der Waals surface area contributed by atoms with Gasteiger partial charge in [0.1, 0.15) is 4.83 Å². The molecular formula is C20H22N2OS2. The van der Waals surface area contributed by atoms with Crippen molar-refractivity contribution in [3.05, 3.63) is 50.6 Å². The van der Waals surface area contributed by atoms with Crippen molar-refractivity contribution in [3.8, 4) is 5.69 Å². The number of hydrogen-bond acceptors (Lipinski definition) is 4. The van der Waals surface area contributed by atoms with Crippen molar-refractivity contribution in [2.45, 2.75) is 51.1 Å². The first-order chi connectivity index (χ1) is 12.2. The van der Waals surface area contributed by atoms with Crippen LogP contribution in [0.5, 0.6) is 0 Å². The van der Waals surface area contributed by atoms with E-state index in [-0.39, 0.29) is 5.56 Å². The summed E-state index contributed by atoms with van der Waals surface area (Å²) in [5.74, 6) is 0.967. The van der Waals surface area contributed by atoms with E-state index in [1.807, 2.05) is 16.7 Å². The third kappa shape index (κ3) is 3.04. The van der Waals surface area contributed by atoms with E-state index in [0.717, 1.165) is 46.1 Å². The average molecular weight is 371 g/mol. The molecule has 0 N–H and O–H groups in total. The van der Waals surface area contributed by atoms with Gasteiger partial charge in [0.2, 0.25) is 0 Å². The Hall–Kier alpha value is -1.59. The van der Waals surface area contributed by atoms with Crippen LogP contribution < -0.4 is 5.56 Å². The van der Waals surface area contributed by atoms with Crippen LogP contribution in [0.25, 0.3) is 15.9 Å². The lowest BCUT2D eigenvalue weighted by molar-refractivity contribution is 0.699. The summed E-state index contributed by atoms with van der Waals surface area (Å²) in [5.41, 5.74) is 3.48. The van der Waals surface area contributed by atoms with Crippen molar-refractivity contribution in [1.29, 1.82) is 0 Å². The molecular weight excluding hydrogens is 348 g/mol. The molecule has 3 aromatic rings. The van der Waals surface area contributed by atoms with E-state index in [1.165, 1.54) is 28.8 Å². The Kier molecular flexibility index (Phi) is 4.69. The van der Waals surface area contributed by atoms with Gasteiger partial charge >= 0.3 is 0 Å². The zero-order valence-corrected chi connectivity index (χ0v) is 16.3. The summed E-state index contributed by atoms with van der Waals surface area (Å²) in [7, 11) is 0. The normalized spacial score (nSPS) is 14.0. The molecule has 0 radical (unpaired) electrons. The van der Waals surface area contributed by atoms with Gasteiger partial charge in [-0.3, -0.25) is 9.36 Å². The summed E-state index contributed by atoms with van der Waals surface area (Å²) < 4.78 is 1.82. The Morgan fingerprint density at radius 2 is 1.96 bits per heavy atom. The van der Waals surface area contributed by atoms with Gasteiger partial charge in [0.15, 0.2) is 5.16 Å². The second-order valence-electron chi connectivity index (χ2n) is 6.61. The van der Waals surface area contributed by atoms with Crippen LogP contribution in [0.4, 0.5) is 0 Å². The van der Waals surface area contributed by atoms with Crippen molar-refractivity contribution >= 4 is 33.3 Å². The summed E-state index contributed by atoms with van der Waals surface area (Å²) in [6.45, 7) is 4.22. The van der Waals surface area contributed by atoms with Gasteiger partial charge < -0.3 is 0 Å². The lowest BCUT2D eigenvalue weighted by Gasteiger charge is -2.13. The minimum absolute atomic E-state index is 0.104. The summed E-state index contributed by atoms with van der Waals surface area (Å²) in [6.07, 6.45) is 5.57. The Bertz CT molecular complexity index is 970. The van der Waals surface area contributed by atoms with E-state index in [9.17, 15) is 4.79 Å². The SMILES string of the molecule is CCCSc1nc2sc3c(c2c(=O)n1-c1ccc(C)cc1)CCCC3. The third-order valence-electron chi connectivity index (χ3n) is 4.69. The fourth-order valence-corrected chi connectivity index (χ4v) is 5.57. The molecule has 0 spiro atoms. The summed E-state index contributed by atoms with van der Waals surface area (Å²) >= 11 is 3.41. The van der Waals surface area contributed by atoms with Gasteiger partial charge in [-0.25, -0.2) is 4.98 Å². The van der Waals surface area contributed by atoms with Crippen molar-refractivity contribution in [2.24, 2.45) is 0 Å². The van der Waals surface area contributed by atoms with E-state index in [1.54, 1.807) is 23.1 Å². The van der Waals surface area contributed by atoms with Gasteiger partial charge in [-0.2, -0.15) is 0 Å². The number of benzene rings is 1. The smallest absolute Gasteiger partial charge is 0.267 e. The number of fused-ring (bicyclic) bond motifs is 3. The van der Waals surface area contributed by atoms with Crippen molar-refractivity contribution in [1.82, 2.24) is 9.55 Å². The van der Waals surface area contributed by atoms with Crippen molar-refractivity contribution < 1.29 is 0 Å². The molecule has 0 unspecified atom stereocenters. The van der Waals surface area contributed by atoms with Crippen LogP contribution >= 0.6 is 23.1 Å². The molecule has 0 saturated carbocycles. The van der Waals surface area contributed by atoms with Gasteiger partial charge in [-0.15, -0.1) is 11.3 Å². The highest BCUT2D eigenvalue weighted by atomic mass is 32.2. The van der Waals surface area contributed by atoms with Crippen LogP contribution in [0.1, 0.15) is 42.2 Å². The number of aromatic nitrogens is 2. The highest BCUT2D eigenvalue weighted by Gasteiger charge is 2.22. The number of thioether (sulfide) groups is 1. The summed E-state index contributed by atoms with van der Waals surface area (Å²) in [5, 5.41) is 1.68. The van der Waals surface area contributed by atoms with Gasteiger partial charge in [-0.05, 0) is 56.7 Å². The molecule has 1 aliphatic carbocycles. The van der Waals surface area contributed by atoms with Crippen LogP contribution in [0.15, 0.2) is 34.2 Å². The quantitative estimate of drug-likeness (QED) is 0.471. The molecule has 0 amide bonds. The topological polar surface area (TPSA) is 34.9 Å². The second kappa shape index (κ2) is 6.96. The van der Waals surface area contributed by atoms with E-state index in [0.29, 0.717) is 0 Å². The molecule has 0 saturated heterocycles. The Morgan fingerprint density at radius 3 is 2.72 bits per heavy atom. The molecule has 0 atom stereocenters. The monoisotopic (exact) mass is 370 g/mol. The first-order valence-electron chi connectivity index (χ1n) is 8.96. The van der Waals surface area contributed by atoms with Crippen LogP contribution in [-0.4, -0.2) is 15.3 Å². The number of rotatable bonds is 4. The molecule has 3 nitrogen and oxygen atoms in total. The van der Waals surface area contributed by atoms with Crippen molar-refractivity contribution in [3.63, 3.8) is 0 Å². The molecule has 2 heterocycles. The first kappa shape index (κ1) is 16.9. The van der Waals surface area contributed by atoms with E-state index >= 15 is 0 Å². The molecule has 0 bridgehead atoms. The second-order valence-corrected chi connectivity index (χ2v) is 8.76. The number of nitrogens with zero attached hydrogens (tertiary/aromatic N) is 2. The predicted molar refractivity (Wildman–Crippen MR) is 108 cm³/mol. The molecule has 1 aromatic carbocycles. The Labute approximate surface area is 156 Å². The zero-order chi connectivity index (χ0) is 17.4. The maximum absolute atomic E-state index is 13.4. The Balaban J connectivity index is 1.98. The fraction of sp³-hybridized carbons (Fsp3) is 0.400. The minimum atomic E-state index is 0.104. The molecule has 2 aromatic heterocycles. The van der Waals surface area contributed by atoms with Crippen LogP contribution in [0.2, 0.25) is 0 Å². The van der Waals surface area contributed by atoms with Crippen LogP contribution in [0, 0.1) is 6.92 Å². The van der Waals surface area contributed by atoms with E-state index < -0.39 is 0 Å². The number of hydrogen-bond donors (Lipinski definition) is 0. The van der Waals surface area contributed by atoms with E-state index in [4.69, 9.17) is 4.98 Å². The molecule has 1 aliphatic rings. The van der Waals surface area contributed by atoms with Crippen LogP contribution in [0.3, 0.4) is 0 Å².